The smallest absolute Gasteiger partial charge is 0.374 e. The largest absolute Gasteiger partial charge is 0.497 e. The molecule has 0 amide bonds. The van der Waals surface area contributed by atoms with Crippen molar-refractivity contribution in [1.82, 2.24) is 19.9 Å². The zero-order valence-corrected chi connectivity index (χ0v) is 24.1. The quantitative estimate of drug-likeness (QED) is 0.223. The van der Waals surface area contributed by atoms with Gasteiger partial charge in [-0.2, -0.15) is 9.97 Å². The van der Waals surface area contributed by atoms with Gasteiger partial charge in [0.25, 0.3) is 15.9 Å². The Morgan fingerprint density at radius 2 is 1.60 bits per heavy atom. The molecule has 0 spiro atoms. The van der Waals surface area contributed by atoms with Crippen molar-refractivity contribution in [3.8, 4) is 29.1 Å². The molecule has 0 radical (unpaired) electrons. The number of sulfonamides is 1. The number of hydrogen-bond acceptors (Lipinski definition) is 11. The molecule has 0 aliphatic heterocycles. The summed E-state index contributed by atoms with van der Waals surface area (Å²) in [4.78, 5) is 27.6. The Morgan fingerprint density at radius 3 is 2.24 bits per heavy atom. The lowest BCUT2D eigenvalue weighted by atomic mass is 9.87. The van der Waals surface area contributed by atoms with Gasteiger partial charge in [-0.3, -0.25) is 4.72 Å². The minimum Gasteiger partial charge on any atom is -0.497 e. The topological polar surface area (TPSA) is 172 Å². The normalized spacial score (nSPS) is 11.4. The van der Waals surface area contributed by atoms with Gasteiger partial charge >= 0.3 is 12.0 Å². The molecule has 2 aromatic carbocycles. The predicted octanol–water partition coefficient (Wildman–Crippen LogP) is 4.32. The van der Waals surface area contributed by atoms with Gasteiger partial charge in [-0.05, 0) is 41.3 Å². The fraction of sp³-hybridized carbons (Fsp3) is 0.250. The first-order valence-corrected chi connectivity index (χ1v) is 14.1. The molecular weight excluding hydrogens is 566 g/mol. The standard InChI is InChI=1S/C28H29N5O8S/c1-28(2,3)18-9-11-21(12-10-18)42(36,37)33-23-22(41-20-8-5-7-19(17-20)38-4)25(32-24(31-23)26(34)35)39-15-16-40-27-29-13-6-14-30-27/h5-14,17H,15-16H2,1-4H3,(H,34,35)(H,31,32,33). The van der Waals surface area contributed by atoms with Crippen molar-refractivity contribution in [2.24, 2.45) is 0 Å². The summed E-state index contributed by atoms with van der Waals surface area (Å²) in [6, 6.07) is 14.5. The van der Waals surface area contributed by atoms with E-state index in [4.69, 9.17) is 18.9 Å². The van der Waals surface area contributed by atoms with Gasteiger partial charge in [0.1, 0.15) is 24.7 Å². The average Bonchev–Trinajstić information content (AvgIpc) is 2.96. The molecule has 0 fully saturated rings. The van der Waals surface area contributed by atoms with Gasteiger partial charge in [0, 0.05) is 18.5 Å². The van der Waals surface area contributed by atoms with E-state index in [0.717, 1.165) is 5.56 Å². The van der Waals surface area contributed by atoms with E-state index in [9.17, 15) is 18.3 Å². The second-order valence-corrected chi connectivity index (χ2v) is 11.4. The molecule has 2 N–H and O–H groups in total. The van der Waals surface area contributed by atoms with Crippen molar-refractivity contribution in [3.63, 3.8) is 0 Å². The summed E-state index contributed by atoms with van der Waals surface area (Å²) < 4.78 is 51.5. The Bertz CT molecular complexity index is 1640. The number of carboxylic acid groups (broad SMARTS) is 1. The third-order valence-electron chi connectivity index (χ3n) is 5.64. The number of anilines is 1. The van der Waals surface area contributed by atoms with Crippen LogP contribution < -0.4 is 23.7 Å². The van der Waals surface area contributed by atoms with Gasteiger partial charge < -0.3 is 24.1 Å². The average molecular weight is 596 g/mol. The van der Waals surface area contributed by atoms with Crippen LogP contribution in [0.5, 0.6) is 29.1 Å². The number of aromatic carboxylic acids is 1. The number of ether oxygens (including phenoxy) is 4. The second-order valence-electron chi connectivity index (χ2n) is 9.72. The summed E-state index contributed by atoms with van der Waals surface area (Å²) in [7, 11) is -2.79. The van der Waals surface area contributed by atoms with Gasteiger partial charge in [0.05, 0.1) is 12.0 Å². The van der Waals surface area contributed by atoms with Crippen LogP contribution in [0, 0.1) is 0 Å². The monoisotopic (exact) mass is 595 g/mol. The first-order valence-electron chi connectivity index (χ1n) is 12.6. The van der Waals surface area contributed by atoms with Crippen LogP contribution in [0.3, 0.4) is 0 Å². The first kappa shape index (κ1) is 30.0. The van der Waals surface area contributed by atoms with Crippen molar-refractivity contribution in [3.05, 3.63) is 78.4 Å². The molecule has 14 heteroatoms. The van der Waals surface area contributed by atoms with E-state index in [2.05, 4.69) is 24.7 Å². The Hall–Kier alpha value is -4.98. The highest BCUT2D eigenvalue weighted by molar-refractivity contribution is 7.92. The second kappa shape index (κ2) is 12.7. The molecule has 0 saturated carbocycles. The molecule has 0 bridgehead atoms. The third-order valence-corrected chi connectivity index (χ3v) is 7.00. The van der Waals surface area contributed by atoms with E-state index in [-0.39, 0.29) is 46.9 Å². The van der Waals surface area contributed by atoms with Crippen LogP contribution >= 0.6 is 0 Å². The molecule has 2 aromatic heterocycles. The molecule has 42 heavy (non-hydrogen) atoms. The highest BCUT2D eigenvalue weighted by atomic mass is 32.2. The van der Waals surface area contributed by atoms with Gasteiger partial charge in [-0.15, -0.1) is 0 Å². The summed E-state index contributed by atoms with van der Waals surface area (Å²) in [5.41, 5.74) is 0.733. The summed E-state index contributed by atoms with van der Waals surface area (Å²) in [5, 5.41) is 9.67. The van der Waals surface area contributed by atoms with Crippen LogP contribution in [0.2, 0.25) is 0 Å². The number of hydrogen-bond donors (Lipinski definition) is 2. The Labute approximate surface area is 242 Å². The van der Waals surface area contributed by atoms with Gasteiger partial charge in [-0.1, -0.05) is 39.0 Å². The molecular formula is C28H29N5O8S. The van der Waals surface area contributed by atoms with E-state index in [1.807, 2.05) is 20.8 Å². The zero-order valence-electron chi connectivity index (χ0n) is 23.3. The first-order chi connectivity index (χ1) is 20.0. The fourth-order valence-corrected chi connectivity index (χ4v) is 4.52. The maximum Gasteiger partial charge on any atom is 0.374 e. The molecule has 0 unspecified atom stereocenters. The molecule has 13 nitrogen and oxygen atoms in total. The molecule has 0 aliphatic carbocycles. The number of benzene rings is 2. The number of nitrogens with one attached hydrogen (secondary N) is 1. The van der Waals surface area contributed by atoms with E-state index in [1.54, 1.807) is 36.4 Å². The predicted molar refractivity (Wildman–Crippen MR) is 151 cm³/mol. The minimum atomic E-state index is -4.26. The highest BCUT2D eigenvalue weighted by Crippen LogP contribution is 2.38. The van der Waals surface area contributed by atoms with Crippen molar-refractivity contribution < 1.29 is 37.3 Å². The van der Waals surface area contributed by atoms with E-state index in [0.29, 0.717) is 5.75 Å². The molecule has 2 heterocycles. The van der Waals surface area contributed by atoms with Crippen LogP contribution in [0.4, 0.5) is 5.82 Å². The number of nitrogens with zero attached hydrogens (tertiary/aromatic N) is 4. The van der Waals surface area contributed by atoms with Crippen molar-refractivity contribution in [2.45, 2.75) is 31.1 Å². The number of carboxylic acids is 1. The van der Waals surface area contributed by atoms with Gasteiger partial charge in [0.2, 0.25) is 11.6 Å². The number of aromatic nitrogens is 4. The van der Waals surface area contributed by atoms with Crippen molar-refractivity contribution in [1.29, 1.82) is 0 Å². The number of methoxy groups -OCH3 is 1. The van der Waals surface area contributed by atoms with Crippen molar-refractivity contribution in [2.75, 3.05) is 25.0 Å². The maximum absolute atomic E-state index is 13.4. The van der Waals surface area contributed by atoms with E-state index >= 15 is 0 Å². The molecule has 0 saturated heterocycles. The number of carbonyl (C=O) groups is 1. The summed E-state index contributed by atoms with van der Waals surface area (Å²) in [6.07, 6.45) is 3.00. The summed E-state index contributed by atoms with van der Waals surface area (Å²) >= 11 is 0. The lowest BCUT2D eigenvalue weighted by molar-refractivity contribution is 0.0681. The lowest BCUT2D eigenvalue weighted by Gasteiger charge is -2.19. The van der Waals surface area contributed by atoms with Gasteiger partial charge in [0.15, 0.2) is 5.82 Å². The Kier molecular flexibility index (Phi) is 9.06. The van der Waals surface area contributed by atoms with Crippen LogP contribution in [-0.2, 0) is 15.4 Å². The number of rotatable bonds is 12. The lowest BCUT2D eigenvalue weighted by Crippen LogP contribution is -2.19. The molecule has 4 aromatic rings. The minimum absolute atomic E-state index is 0.0454. The molecule has 0 atom stereocenters. The third kappa shape index (κ3) is 7.60. The fourth-order valence-electron chi connectivity index (χ4n) is 3.52. The van der Waals surface area contributed by atoms with E-state index < -0.39 is 27.6 Å². The van der Waals surface area contributed by atoms with E-state index in [1.165, 1.54) is 37.7 Å². The summed E-state index contributed by atoms with van der Waals surface area (Å²) in [6.45, 7) is 5.82. The SMILES string of the molecule is COc1cccc(Oc2c(NS(=O)(=O)c3ccc(C(C)(C)C)cc3)nc(C(=O)O)nc2OCCOc2ncccn2)c1. The van der Waals surface area contributed by atoms with Crippen LogP contribution in [0.1, 0.15) is 37.0 Å². The Balaban J connectivity index is 1.71. The van der Waals surface area contributed by atoms with Crippen molar-refractivity contribution >= 4 is 21.8 Å². The van der Waals surface area contributed by atoms with Gasteiger partial charge in [-0.25, -0.2) is 23.2 Å². The zero-order chi connectivity index (χ0) is 30.3. The maximum atomic E-state index is 13.4. The summed E-state index contributed by atoms with van der Waals surface area (Å²) in [5.74, 6) is -2.65. The van der Waals surface area contributed by atoms with Crippen LogP contribution in [0.15, 0.2) is 71.9 Å². The van der Waals surface area contributed by atoms with Crippen LogP contribution in [-0.4, -0.2) is 59.8 Å². The molecule has 0 aliphatic rings. The molecule has 4 rings (SSSR count). The molecule has 220 valence electrons. The van der Waals surface area contributed by atoms with Crippen LogP contribution in [0.25, 0.3) is 0 Å². The highest BCUT2D eigenvalue weighted by Gasteiger charge is 2.26. The Morgan fingerprint density at radius 1 is 0.929 bits per heavy atom.